The quantitative estimate of drug-likeness (QED) is 0.461. The first kappa shape index (κ1) is 24.5. The third-order valence-corrected chi connectivity index (χ3v) is 6.30. The molecule has 0 saturated heterocycles. The van der Waals surface area contributed by atoms with Crippen LogP contribution in [0.25, 0.3) is 0 Å². The first-order valence-electron chi connectivity index (χ1n) is 11.7. The second-order valence-corrected chi connectivity index (χ2v) is 8.59. The monoisotopic (exact) mass is 480 g/mol. The molecule has 0 radical (unpaired) electrons. The van der Waals surface area contributed by atoms with Crippen LogP contribution in [-0.4, -0.2) is 39.9 Å². The van der Waals surface area contributed by atoms with E-state index in [9.17, 15) is 14.0 Å². The summed E-state index contributed by atoms with van der Waals surface area (Å²) >= 11 is 0. The maximum absolute atomic E-state index is 13.3. The van der Waals surface area contributed by atoms with Gasteiger partial charge in [0.1, 0.15) is 5.82 Å². The maximum Gasteiger partial charge on any atom is 0.253 e. The summed E-state index contributed by atoms with van der Waals surface area (Å²) in [5, 5.41) is 3.01. The third-order valence-electron chi connectivity index (χ3n) is 6.30. The van der Waals surface area contributed by atoms with Crippen molar-refractivity contribution in [1.29, 1.82) is 0 Å². The Morgan fingerprint density at radius 1 is 1.23 bits per heavy atom. The summed E-state index contributed by atoms with van der Waals surface area (Å²) < 4.78 is 25.8. The molecule has 1 aliphatic heterocycles. The molecule has 9 heteroatoms. The minimum atomic E-state index is -0.349. The number of carbonyl (C=O) groups is 2. The standard InChI is InChI=1S/C26H29FN4O4/c1-4-20(21-13-29-25(34-3)14-28-21)30-26(33)19-12-22(31-9-10-35-15-23(19)31)24(32)11-16(2)17-5-7-18(27)8-6-17/h5-8,12-14,16,20H,4,9-11,15H2,1-3H3,(H,30,33)/t16-,20+/m0/s1. The van der Waals surface area contributed by atoms with Crippen LogP contribution >= 0.6 is 0 Å². The van der Waals surface area contributed by atoms with E-state index in [0.717, 1.165) is 5.56 Å². The lowest BCUT2D eigenvalue weighted by molar-refractivity contribution is 0.0781. The average Bonchev–Trinajstić information content (AvgIpc) is 3.27. The van der Waals surface area contributed by atoms with Gasteiger partial charge >= 0.3 is 0 Å². The Bertz CT molecular complexity index is 1190. The third kappa shape index (κ3) is 5.40. The molecule has 2 aromatic heterocycles. The molecule has 184 valence electrons. The van der Waals surface area contributed by atoms with Gasteiger partial charge in [0.25, 0.3) is 5.91 Å². The Morgan fingerprint density at radius 2 is 2.00 bits per heavy atom. The highest BCUT2D eigenvalue weighted by Crippen LogP contribution is 2.27. The Hall–Kier alpha value is -3.59. The van der Waals surface area contributed by atoms with E-state index in [0.29, 0.717) is 48.1 Å². The molecule has 0 saturated carbocycles. The van der Waals surface area contributed by atoms with E-state index in [1.165, 1.54) is 25.4 Å². The number of halogens is 1. The number of nitrogens with zero attached hydrogens (tertiary/aromatic N) is 3. The number of rotatable bonds is 9. The van der Waals surface area contributed by atoms with E-state index in [2.05, 4.69) is 15.3 Å². The lowest BCUT2D eigenvalue weighted by Gasteiger charge is -2.20. The summed E-state index contributed by atoms with van der Waals surface area (Å²) in [4.78, 5) is 35.1. The molecule has 0 unspecified atom stereocenters. The summed E-state index contributed by atoms with van der Waals surface area (Å²) in [5.41, 5.74) is 3.09. The van der Waals surface area contributed by atoms with E-state index >= 15 is 0 Å². The number of Topliss-reactive ketones (excluding diaryl/α,β-unsaturated/α-hetero) is 1. The van der Waals surface area contributed by atoms with Crippen LogP contribution < -0.4 is 10.1 Å². The van der Waals surface area contributed by atoms with Crippen molar-refractivity contribution in [2.45, 2.75) is 51.8 Å². The van der Waals surface area contributed by atoms with Crippen LogP contribution in [0.15, 0.2) is 42.7 Å². The first-order chi connectivity index (χ1) is 16.9. The molecule has 35 heavy (non-hydrogen) atoms. The second kappa shape index (κ2) is 10.8. The smallest absolute Gasteiger partial charge is 0.253 e. The molecular weight excluding hydrogens is 451 g/mol. The Labute approximate surface area is 203 Å². The van der Waals surface area contributed by atoms with Crippen LogP contribution in [-0.2, 0) is 17.9 Å². The zero-order valence-electron chi connectivity index (χ0n) is 20.1. The topological polar surface area (TPSA) is 95.3 Å². The SMILES string of the molecule is CC[C@@H](NC(=O)c1cc(C(=O)C[C@H](C)c2ccc(F)cc2)n2c1COCC2)c1cnc(OC)cn1. The van der Waals surface area contributed by atoms with Crippen molar-refractivity contribution < 1.29 is 23.5 Å². The van der Waals surface area contributed by atoms with Gasteiger partial charge < -0.3 is 19.4 Å². The number of fused-ring (bicyclic) bond motifs is 1. The lowest BCUT2D eigenvalue weighted by atomic mass is 9.94. The van der Waals surface area contributed by atoms with Crippen molar-refractivity contribution >= 4 is 11.7 Å². The molecular formula is C26H29FN4O4. The molecule has 0 spiro atoms. The van der Waals surface area contributed by atoms with Gasteiger partial charge in [-0.25, -0.2) is 9.37 Å². The van der Waals surface area contributed by atoms with Crippen LogP contribution in [0, 0.1) is 5.82 Å². The fraction of sp³-hybridized carbons (Fsp3) is 0.385. The number of benzene rings is 1. The predicted molar refractivity (Wildman–Crippen MR) is 127 cm³/mol. The number of ether oxygens (including phenoxy) is 2. The molecule has 0 aliphatic carbocycles. The van der Waals surface area contributed by atoms with Crippen molar-refractivity contribution in [3.8, 4) is 5.88 Å². The molecule has 1 N–H and O–H groups in total. The van der Waals surface area contributed by atoms with Gasteiger partial charge in [-0.1, -0.05) is 26.0 Å². The molecule has 3 aromatic rings. The van der Waals surface area contributed by atoms with Gasteiger partial charge in [0.2, 0.25) is 5.88 Å². The molecule has 4 rings (SSSR count). The number of aromatic nitrogens is 3. The van der Waals surface area contributed by atoms with Gasteiger partial charge in [0, 0.05) is 13.0 Å². The van der Waals surface area contributed by atoms with Gasteiger partial charge in [0.15, 0.2) is 5.78 Å². The van der Waals surface area contributed by atoms with E-state index in [1.807, 2.05) is 18.4 Å². The molecule has 1 aliphatic rings. The molecule has 0 fully saturated rings. The lowest BCUT2D eigenvalue weighted by Crippen LogP contribution is -2.30. The normalized spacial score (nSPS) is 14.6. The molecule has 0 bridgehead atoms. The van der Waals surface area contributed by atoms with Gasteiger partial charge in [-0.2, -0.15) is 0 Å². The Kier molecular flexibility index (Phi) is 7.55. The molecule has 3 heterocycles. The highest BCUT2D eigenvalue weighted by molar-refractivity contribution is 6.01. The van der Waals surface area contributed by atoms with Gasteiger partial charge in [0.05, 0.1) is 61.4 Å². The number of amides is 1. The second-order valence-electron chi connectivity index (χ2n) is 8.59. The number of nitrogens with one attached hydrogen (secondary N) is 1. The predicted octanol–water partition coefficient (Wildman–Crippen LogP) is 4.21. The molecule has 2 atom stereocenters. The number of methoxy groups -OCH3 is 1. The Morgan fingerprint density at radius 3 is 2.66 bits per heavy atom. The zero-order chi connectivity index (χ0) is 24.9. The van der Waals surface area contributed by atoms with Gasteiger partial charge in [-0.3, -0.25) is 14.6 Å². The summed E-state index contributed by atoms with van der Waals surface area (Å²) in [7, 11) is 1.51. The van der Waals surface area contributed by atoms with Crippen molar-refractivity contribution in [3.63, 3.8) is 0 Å². The average molecular weight is 481 g/mol. The summed E-state index contributed by atoms with van der Waals surface area (Å²) in [5.74, 6) is -0.378. The van der Waals surface area contributed by atoms with Gasteiger partial charge in [-0.15, -0.1) is 0 Å². The largest absolute Gasteiger partial charge is 0.480 e. The highest BCUT2D eigenvalue weighted by Gasteiger charge is 2.28. The van der Waals surface area contributed by atoms with Gasteiger partial charge in [-0.05, 0) is 36.1 Å². The minimum absolute atomic E-state index is 0.0721. The van der Waals surface area contributed by atoms with Crippen molar-refractivity contribution in [3.05, 3.63) is 76.8 Å². The fourth-order valence-corrected chi connectivity index (χ4v) is 4.28. The molecule has 1 amide bonds. The van der Waals surface area contributed by atoms with Crippen LogP contribution in [0.4, 0.5) is 4.39 Å². The number of hydrogen-bond donors (Lipinski definition) is 1. The molecule has 8 nitrogen and oxygen atoms in total. The number of carbonyl (C=O) groups excluding carboxylic acids is 2. The van der Waals surface area contributed by atoms with E-state index in [-0.39, 0.29) is 42.5 Å². The van der Waals surface area contributed by atoms with Crippen LogP contribution in [0.1, 0.15) is 76.4 Å². The minimum Gasteiger partial charge on any atom is -0.480 e. The molecule has 1 aromatic carbocycles. The number of hydrogen-bond acceptors (Lipinski definition) is 6. The van der Waals surface area contributed by atoms with E-state index in [4.69, 9.17) is 9.47 Å². The van der Waals surface area contributed by atoms with Crippen LogP contribution in [0.2, 0.25) is 0 Å². The summed E-state index contributed by atoms with van der Waals surface area (Å²) in [6.07, 6.45) is 3.95. The highest BCUT2D eigenvalue weighted by atomic mass is 19.1. The summed E-state index contributed by atoms with van der Waals surface area (Å²) in [6, 6.07) is 7.49. The van der Waals surface area contributed by atoms with Crippen molar-refractivity contribution in [2.24, 2.45) is 0 Å². The zero-order valence-corrected chi connectivity index (χ0v) is 20.1. The van der Waals surface area contributed by atoms with Crippen molar-refractivity contribution in [1.82, 2.24) is 19.9 Å². The van der Waals surface area contributed by atoms with Crippen molar-refractivity contribution in [2.75, 3.05) is 13.7 Å². The fourth-order valence-electron chi connectivity index (χ4n) is 4.28. The van der Waals surface area contributed by atoms with Crippen LogP contribution in [0.3, 0.4) is 0 Å². The van der Waals surface area contributed by atoms with Crippen LogP contribution in [0.5, 0.6) is 5.88 Å². The first-order valence-corrected chi connectivity index (χ1v) is 11.7. The number of ketones is 1. The summed E-state index contributed by atoms with van der Waals surface area (Å²) in [6.45, 7) is 5.10. The maximum atomic E-state index is 13.3. The van der Waals surface area contributed by atoms with E-state index < -0.39 is 0 Å². The van der Waals surface area contributed by atoms with E-state index in [1.54, 1.807) is 24.4 Å². The Balaban J connectivity index is 1.55.